The molecule has 5 bridgehead atoms. The number of hydrogen-bond acceptors (Lipinski definition) is 9. The predicted molar refractivity (Wildman–Crippen MR) is 156 cm³/mol. The Bertz CT molecular complexity index is 1090. The summed E-state index contributed by atoms with van der Waals surface area (Å²) in [7, 11) is 0. The van der Waals surface area contributed by atoms with Crippen LogP contribution in [-0.2, 0) is 33.4 Å². The van der Waals surface area contributed by atoms with Crippen LogP contribution in [0.5, 0.6) is 0 Å². The first-order valence-electron chi connectivity index (χ1n) is 15.9. The van der Waals surface area contributed by atoms with Gasteiger partial charge in [0.25, 0.3) is 0 Å². The maximum atomic E-state index is 14.6. The zero-order valence-electron chi connectivity index (χ0n) is 25.2. The lowest BCUT2D eigenvalue weighted by atomic mass is 9.74. The van der Waals surface area contributed by atoms with Crippen molar-refractivity contribution in [1.82, 2.24) is 20.0 Å². The fourth-order valence-corrected chi connectivity index (χ4v) is 6.95. The van der Waals surface area contributed by atoms with Crippen molar-refractivity contribution < 1.29 is 38.5 Å². The topological polar surface area (TPSA) is 138 Å². The summed E-state index contributed by atoms with van der Waals surface area (Å²) in [5.41, 5.74) is -1.25. The lowest BCUT2D eigenvalue weighted by Crippen LogP contribution is -2.57. The number of nitrogens with one attached hydrogen (secondary N) is 1. The molecule has 2 N–H and O–H groups in total. The van der Waals surface area contributed by atoms with Crippen LogP contribution in [0.4, 0.5) is 0 Å². The van der Waals surface area contributed by atoms with Gasteiger partial charge in [-0.25, -0.2) is 0 Å². The van der Waals surface area contributed by atoms with Gasteiger partial charge in [-0.15, -0.1) is 0 Å². The highest BCUT2D eigenvalue weighted by Gasteiger charge is 2.73. The third-order valence-corrected chi connectivity index (χ3v) is 9.22. The number of likely N-dealkylation sites (tertiary alicyclic amines) is 1. The summed E-state index contributed by atoms with van der Waals surface area (Å²) in [6.07, 6.45) is 9.96. The van der Waals surface area contributed by atoms with E-state index in [1.807, 2.05) is 18.2 Å². The van der Waals surface area contributed by atoms with E-state index >= 15 is 0 Å². The number of carbonyl (C=O) groups is 4. The fraction of sp³-hybridized carbons (Fsp3) is 0.742. The summed E-state index contributed by atoms with van der Waals surface area (Å²) in [5.74, 6) is -2.91. The molecule has 5 heterocycles. The second kappa shape index (κ2) is 14.3. The van der Waals surface area contributed by atoms with E-state index in [9.17, 15) is 24.3 Å². The van der Waals surface area contributed by atoms with Crippen LogP contribution >= 0.6 is 0 Å². The third kappa shape index (κ3) is 6.82. The highest BCUT2D eigenvalue weighted by Crippen LogP contribution is 2.55. The molecule has 3 amide bonds. The van der Waals surface area contributed by atoms with Gasteiger partial charge in [0.15, 0.2) is 0 Å². The Labute approximate surface area is 253 Å². The van der Waals surface area contributed by atoms with E-state index in [1.165, 1.54) is 0 Å². The minimum absolute atomic E-state index is 0.118. The average Bonchev–Trinajstić information content (AvgIpc) is 3.64. The minimum atomic E-state index is -1.25. The van der Waals surface area contributed by atoms with Crippen molar-refractivity contribution in [1.29, 1.82) is 0 Å². The van der Waals surface area contributed by atoms with Gasteiger partial charge in [-0.2, -0.15) is 0 Å². The molecule has 0 saturated carbocycles. The minimum Gasteiger partial charge on any atom is -0.460 e. The summed E-state index contributed by atoms with van der Waals surface area (Å²) in [5, 5.41) is 12.0. The van der Waals surface area contributed by atoms with Gasteiger partial charge in [-0.05, 0) is 26.2 Å². The molecule has 12 heteroatoms. The van der Waals surface area contributed by atoms with Crippen LogP contribution in [0, 0.1) is 11.8 Å². The van der Waals surface area contributed by atoms with Crippen LogP contribution in [0.2, 0.25) is 0 Å². The normalized spacial score (nSPS) is 34.4. The maximum absolute atomic E-state index is 14.6. The lowest BCUT2D eigenvalue weighted by Gasteiger charge is -2.37. The highest BCUT2D eigenvalue weighted by atomic mass is 16.6. The molecule has 0 radical (unpaired) electrons. The number of cyclic esters (lactones) is 1. The second-order valence-corrected chi connectivity index (χ2v) is 12.2. The zero-order valence-corrected chi connectivity index (χ0v) is 25.2. The molecule has 5 rings (SSSR count). The molecule has 43 heavy (non-hydrogen) atoms. The zero-order chi connectivity index (χ0) is 30.4. The quantitative estimate of drug-likeness (QED) is 0.216. The number of nitrogens with zero attached hydrogens (tertiary/aromatic N) is 3. The summed E-state index contributed by atoms with van der Waals surface area (Å²) >= 11 is 0. The summed E-state index contributed by atoms with van der Waals surface area (Å²) in [4.78, 5) is 60.3. The van der Waals surface area contributed by atoms with Crippen LogP contribution in [0.25, 0.3) is 0 Å². The van der Waals surface area contributed by atoms with E-state index in [4.69, 9.17) is 14.2 Å². The van der Waals surface area contributed by atoms with Crippen LogP contribution in [-0.4, -0.2) is 133 Å². The molecule has 0 unspecified atom stereocenters. The molecular formula is C31H46N4O8. The molecule has 6 atom stereocenters. The number of allylic oxidation sites excluding steroid dienone is 1. The van der Waals surface area contributed by atoms with Crippen molar-refractivity contribution in [2.75, 3.05) is 65.6 Å². The molecule has 5 aliphatic rings. The van der Waals surface area contributed by atoms with Gasteiger partial charge < -0.3 is 34.4 Å². The van der Waals surface area contributed by atoms with Gasteiger partial charge in [0.05, 0.1) is 31.8 Å². The summed E-state index contributed by atoms with van der Waals surface area (Å²) in [6.45, 7) is 6.68. The van der Waals surface area contributed by atoms with Crippen LogP contribution < -0.4 is 5.32 Å². The van der Waals surface area contributed by atoms with Gasteiger partial charge in [0.2, 0.25) is 17.7 Å². The van der Waals surface area contributed by atoms with Crippen molar-refractivity contribution >= 4 is 23.7 Å². The maximum Gasteiger partial charge on any atom is 0.313 e. The first kappa shape index (κ1) is 31.6. The number of morpholine rings is 1. The second-order valence-electron chi connectivity index (χ2n) is 12.2. The Hall–Kier alpha value is -2.80. The number of carbonyl (C=O) groups excluding carboxylic acids is 4. The Morgan fingerprint density at radius 2 is 1.79 bits per heavy atom. The van der Waals surface area contributed by atoms with Crippen molar-refractivity contribution in [3.05, 3.63) is 24.3 Å². The van der Waals surface area contributed by atoms with Gasteiger partial charge in [-0.3, -0.25) is 24.1 Å². The van der Waals surface area contributed by atoms with Gasteiger partial charge in [0.1, 0.15) is 23.7 Å². The Morgan fingerprint density at radius 1 is 1.00 bits per heavy atom. The molecule has 3 fully saturated rings. The van der Waals surface area contributed by atoms with E-state index in [2.05, 4.69) is 10.2 Å². The molecule has 238 valence electrons. The van der Waals surface area contributed by atoms with Gasteiger partial charge in [0, 0.05) is 52.3 Å². The van der Waals surface area contributed by atoms with Crippen molar-refractivity contribution in [2.45, 2.75) is 69.3 Å². The number of amides is 3. The van der Waals surface area contributed by atoms with Crippen LogP contribution in [0.3, 0.4) is 0 Å². The molecule has 5 aliphatic heterocycles. The molecule has 12 nitrogen and oxygen atoms in total. The first-order valence-corrected chi connectivity index (χ1v) is 15.9. The highest BCUT2D eigenvalue weighted by molar-refractivity contribution is 5.99. The van der Waals surface area contributed by atoms with Crippen molar-refractivity contribution in [3.63, 3.8) is 0 Å². The molecule has 3 saturated heterocycles. The van der Waals surface area contributed by atoms with E-state index in [-0.39, 0.29) is 37.3 Å². The molecule has 0 aromatic rings. The largest absolute Gasteiger partial charge is 0.460 e. The van der Waals surface area contributed by atoms with E-state index in [0.717, 1.165) is 25.9 Å². The molecule has 0 aromatic heterocycles. The number of aliphatic hydroxyl groups excluding tert-OH is 1. The van der Waals surface area contributed by atoms with E-state index < -0.39 is 41.7 Å². The average molecular weight is 603 g/mol. The number of aliphatic hydroxyl groups is 1. The van der Waals surface area contributed by atoms with Crippen LogP contribution in [0.15, 0.2) is 24.3 Å². The van der Waals surface area contributed by atoms with E-state index in [0.29, 0.717) is 58.7 Å². The predicted octanol–water partition coefficient (Wildman–Crippen LogP) is 0.248. The fourth-order valence-electron chi connectivity index (χ4n) is 6.95. The number of rotatable bonds is 9. The number of fused-ring (bicyclic) bond motifs is 2. The van der Waals surface area contributed by atoms with E-state index in [1.54, 1.807) is 22.8 Å². The van der Waals surface area contributed by atoms with Crippen molar-refractivity contribution in [2.24, 2.45) is 11.8 Å². The Balaban J connectivity index is 1.45. The Morgan fingerprint density at radius 3 is 2.58 bits per heavy atom. The number of unbranched alkanes of at least 4 members (excludes halogenated alkanes) is 3. The smallest absolute Gasteiger partial charge is 0.313 e. The monoisotopic (exact) mass is 602 g/mol. The SMILES string of the molecule is C[C@@H]1CNC(=O)CC/C=C\CN(CCN2CCOCC2)C(=O)[C@@H]2N(CCCCCCO)C(=O)[C@H]3[C@H](C(=O)O1)[C@@H]1C=C[C@]23O1. The van der Waals surface area contributed by atoms with Gasteiger partial charge >= 0.3 is 5.97 Å². The molecular weight excluding hydrogens is 556 g/mol. The van der Waals surface area contributed by atoms with Crippen LogP contribution in [0.1, 0.15) is 45.4 Å². The summed E-state index contributed by atoms with van der Waals surface area (Å²) < 4.78 is 17.7. The first-order chi connectivity index (χ1) is 20.9. The number of ether oxygens (including phenoxy) is 3. The summed E-state index contributed by atoms with van der Waals surface area (Å²) in [6, 6.07) is -0.906. The lowest BCUT2D eigenvalue weighted by molar-refractivity contribution is -0.158. The molecule has 1 spiro atoms. The standard InChI is InChI=1S/C31H46N4O8/c1-22-21-32-24(37)9-5-4-6-12-34(15-14-33-16-19-41-20-17-33)29(39)27-31-11-10-23(43-31)25(30(40)42-22)26(31)28(38)35(27)13-7-2-3-8-18-36/h4,6,10-11,22-23,25-27,36H,2-3,5,7-9,12-21H2,1H3,(H,32,37)/b6-4-/t22-,23+,25-,26-,27+,31-/m1/s1. The number of esters is 1. The third-order valence-electron chi connectivity index (χ3n) is 9.22. The number of hydrogen-bond donors (Lipinski definition) is 2. The molecule has 0 aromatic carbocycles. The van der Waals surface area contributed by atoms with Gasteiger partial charge in [-0.1, -0.05) is 37.1 Å². The Kier molecular flexibility index (Phi) is 10.5. The van der Waals surface area contributed by atoms with Crippen molar-refractivity contribution in [3.8, 4) is 0 Å². The molecule has 0 aliphatic carbocycles.